The van der Waals surface area contributed by atoms with Crippen molar-refractivity contribution in [2.24, 2.45) is 0 Å². The molecule has 1 aromatic carbocycles. The summed E-state index contributed by atoms with van der Waals surface area (Å²) in [4.78, 5) is 35.5. The Balaban J connectivity index is 1.97. The van der Waals surface area contributed by atoms with Crippen LogP contribution in [0.2, 0.25) is 0 Å². The zero-order chi connectivity index (χ0) is 17.7. The number of amides is 3. The summed E-state index contributed by atoms with van der Waals surface area (Å²) in [5, 5.41) is 7.66. The Labute approximate surface area is 146 Å². The Kier molecular flexibility index (Phi) is 5.75. The first-order valence-electron chi connectivity index (χ1n) is 7.07. The molecule has 3 N–H and O–H groups in total. The van der Waals surface area contributed by atoms with Gasteiger partial charge < -0.3 is 20.4 Å². The van der Waals surface area contributed by atoms with Crippen LogP contribution in [0.3, 0.4) is 0 Å². The molecule has 0 fully saturated rings. The van der Waals surface area contributed by atoms with Crippen molar-refractivity contribution in [2.45, 2.75) is 6.92 Å². The molecule has 0 saturated carbocycles. The first-order chi connectivity index (χ1) is 11.4. The number of carbonyl (C=O) groups excluding carboxylic acids is 3. The summed E-state index contributed by atoms with van der Waals surface area (Å²) in [7, 11) is 1.54. The van der Waals surface area contributed by atoms with Gasteiger partial charge in [0.1, 0.15) is 0 Å². The number of carbonyl (C=O) groups is 3. The molecule has 7 nitrogen and oxygen atoms in total. The quantitative estimate of drug-likeness (QED) is 0.723. The van der Waals surface area contributed by atoms with Crippen LogP contribution in [0.1, 0.15) is 26.5 Å². The monoisotopic (exact) mass is 393 g/mol. The minimum absolute atomic E-state index is 0.104. The van der Waals surface area contributed by atoms with Crippen molar-refractivity contribution in [3.63, 3.8) is 0 Å². The molecular formula is C16H16BrN3O4. The topological polar surface area (TPSA) is 100 Å². The molecule has 1 heterocycles. The van der Waals surface area contributed by atoms with Gasteiger partial charge in [0.2, 0.25) is 5.91 Å². The fourth-order valence-electron chi connectivity index (χ4n) is 2.03. The number of halogens is 1. The van der Waals surface area contributed by atoms with E-state index in [1.807, 2.05) is 0 Å². The van der Waals surface area contributed by atoms with Crippen LogP contribution in [0.5, 0.6) is 0 Å². The van der Waals surface area contributed by atoms with Crippen molar-refractivity contribution >= 4 is 39.3 Å². The molecule has 8 heteroatoms. The van der Waals surface area contributed by atoms with Gasteiger partial charge in [-0.2, -0.15) is 0 Å². The normalized spacial score (nSPS) is 10.1. The van der Waals surface area contributed by atoms with Gasteiger partial charge in [-0.15, -0.1) is 0 Å². The molecular weight excluding hydrogens is 378 g/mol. The molecule has 0 unspecified atom stereocenters. The lowest BCUT2D eigenvalue weighted by Gasteiger charge is -2.12. The number of anilines is 1. The highest BCUT2D eigenvalue weighted by Crippen LogP contribution is 2.19. The van der Waals surface area contributed by atoms with E-state index in [1.54, 1.807) is 31.2 Å². The summed E-state index contributed by atoms with van der Waals surface area (Å²) < 4.78 is 5.53. The van der Waals surface area contributed by atoms with E-state index < -0.39 is 11.8 Å². The van der Waals surface area contributed by atoms with Crippen molar-refractivity contribution in [3.05, 3.63) is 51.9 Å². The standard InChI is InChI=1S/C16H16BrN3O4/c1-9-10(15(22)18-2)4-3-5-11(9)20-14(21)8-19-16(23)12-6-7-13(17)24-12/h3-7H,8H2,1-2H3,(H,18,22)(H,19,23)(H,20,21). The number of hydrogen-bond acceptors (Lipinski definition) is 4. The smallest absolute Gasteiger partial charge is 0.287 e. The lowest BCUT2D eigenvalue weighted by molar-refractivity contribution is -0.115. The second-order valence-electron chi connectivity index (χ2n) is 4.89. The second-order valence-corrected chi connectivity index (χ2v) is 5.67. The molecule has 0 spiro atoms. The molecule has 2 aromatic rings. The molecule has 24 heavy (non-hydrogen) atoms. The Morgan fingerprint density at radius 1 is 1.12 bits per heavy atom. The SMILES string of the molecule is CNC(=O)c1cccc(NC(=O)CNC(=O)c2ccc(Br)o2)c1C. The van der Waals surface area contributed by atoms with Crippen LogP contribution in [-0.4, -0.2) is 31.3 Å². The maximum atomic E-state index is 12.0. The zero-order valence-corrected chi connectivity index (χ0v) is 14.7. The third kappa shape index (κ3) is 4.23. The first kappa shape index (κ1) is 17.7. The summed E-state index contributed by atoms with van der Waals surface area (Å²) in [6, 6.07) is 8.11. The predicted octanol–water partition coefficient (Wildman–Crippen LogP) is 2.08. The molecule has 0 saturated heterocycles. The lowest BCUT2D eigenvalue weighted by atomic mass is 10.1. The van der Waals surface area contributed by atoms with Crippen molar-refractivity contribution in [1.29, 1.82) is 0 Å². The van der Waals surface area contributed by atoms with Gasteiger partial charge in [-0.25, -0.2) is 0 Å². The highest BCUT2D eigenvalue weighted by Gasteiger charge is 2.14. The van der Waals surface area contributed by atoms with Crippen LogP contribution in [0.4, 0.5) is 5.69 Å². The summed E-state index contributed by atoms with van der Waals surface area (Å²) in [5.41, 5.74) is 1.63. The van der Waals surface area contributed by atoms with Crippen molar-refractivity contribution in [1.82, 2.24) is 10.6 Å². The summed E-state index contributed by atoms with van der Waals surface area (Å²) in [6.45, 7) is 1.51. The van der Waals surface area contributed by atoms with Gasteiger partial charge in [0.15, 0.2) is 10.4 Å². The Hall–Kier alpha value is -2.61. The van der Waals surface area contributed by atoms with Gasteiger partial charge in [-0.3, -0.25) is 14.4 Å². The fourth-order valence-corrected chi connectivity index (χ4v) is 2.34. The van der Waals surface area contributed by atoms with E-state index >= 15 is 0 Å². The maximum absolute atomic E-state index is 12.0. The van der Waals surface area contributed by atoms with E-state index in [-0.39, 0.29) is 18.2 Å². The molecule has 3 amide bonds. The van der Waals surface area contributed by atoms with E-state index in [2.05, 4.69) is 31.9 Å². The van der Waals surface area contributed by atoms with E-state index in [4.69, 9.17) is 4.42 Å². The molecule has 0 aliphatic rings. The largest absolute Gasteiger partial charge is 0.444 e. The van der Waals surface area contributed by atoms with Crippen LogP contribution in [0.25, 0.3) is 0 Å². The maximum Gasteiger partial charge on any atom is 0.287 e. The van der Waals surface area contributed by atoms with Crippen molar-refractivity contribution < 1.29 is 18.8 Å². The van der Waals surface area contributed by atoms with Gasteiger partial charge in [0, 0.05) is 18.3 Å². The highest BCUT2D eigenvalue weighted by molar-refractivity contribution is 9.10. The Morgan fingerprint density at radius 2 is 1.88 bits per heavy atom. The number of hydrogen-bond donors (Lipinski definition) is 3. The van der Waals surface area contributed by atoms with Gasteiger partial charge in [0.05, 0.1) is 6.54 Å². The van der Waals surface area contributed by atoms with Crippen LogP contribution in [-0.2, 0) is 4.79 Å². The predicted molar refractivity (Wildman–Crippen MR) is 91.9 cm³/mol. The lowest BCUT2D eigenvalue weighted by Crippen LogP contribution is -2.33. The van der Waals surface area contributed by atoms with E-state index in [0.717, 1.165) is 0 Å². The molecule has 0 bridgehead atoms. The minimum atomic E-state index is -0.494. The van der Waals surface area contributed by atoms with Crippen LogP contribution in [0, 0.1) is 6.92 Å². The fraction of sp³-hybridized carbons (Fsp3) is 0.188. The van der Waals surface area contributed by atoms with E-state index in [9.17, 15) is 14.4 Å². The van der Waals surface area contributed by atoms with E-state index in [0.29, 0.717) is 21.5 Å². The third-order valence-electron chi connectivity index (χ3n) is 3.29. The number of nitrogens with one attached hydrogen (secondary N) is 3. The summed E-state index contributed by atoms with van der Waals surface area (Å²) in [6.07, 6.45) is 0. The molecule has 0 aliphatic heterocycles. The Morgan fingerprint density at radius 3 is 2.50 bits per heavy atom. The minimum Gasteiger partial charge on any atom is -0.444 e. The molecule has 1 aromatic heterocycles. The van der Waals surface area contributed by atoms with Crippen LogP contribution in [0.15, 0.2) is 39.4 Å². The average Bonchev–Trinajstić information content (AvgIpc) is 3.00. The summed E-state index contributed by atoms with van der Waals surface area (Å²) >= 11 is 3.10. The first-order valence-corrected chi connectivity index (χ1v) is 7.86. The number of benzene rings is 1. The molecule has 126 valence electrons. The molecule has 0 radical (unpaired) electrons. The highest BCUT2D eigenvalue weighted by atomic mass is 79.9. The van der Waals surface area contributed by atoms with Gasteiger partial charge >= 0.3 is 0 Å². The average molecular weight is 394 g/mol. The third-order valence-corrected chi connectivity index (χ3v) is 3.71. The Bertz CT molecular complexity index is 785. The van der Waals surface area contributed by atoms with Crippen LogP contribution >= 0.6 is 15.9 Å². The van der Waals surface area contributed by atoms with E-state index in [1.165, 1.54) is 13.1 Å². The van der Waals surface area contributed by atoms with Gasteiger partial charge in [-0.05, 0) is 52.7 Å². The van der Waals surface area contributed by atoms with Crippen LogP contribution < -0.4 is 16.0 Å². The summed E-state index contributed by atoms with van der Waals surface area (Å²) in [5.74, 6) is -1.04. The zero-order valence-electron chi connectivity index (χ0n) is 13.1. The van der Waals surface area contributed by atoms with Gasteiger partial charge in [-0.1, -0.05) is 6.07 Å². The number of furan rings is 1. The van der Waals surface area contributed by atoms with Crippen molar-refractivity contribution in [3.8, 4) is 0 Å². The molecule has 0 aliphatic carbocycles. The molecule has 2 rings (SSSR count). The second kappa shape index (κ2) is 7.78. The number of rotatable bonds is 5. The molecule has 0 atom stereocenters. The van der Waals surface area contributed by atoms with Crippen molar-refractivity contribution in [2.75, 3.05) is 18.9 Å². The van der Waals surface area contributed by atoms with Gasteiger partial charge in [0.25, 0.3) is 11.8 Å².